The molecule has 0 aromatic heterocycles. The minimum absolute atomic E-state index is 0.0136. The largest absolute Gasteiger partial charge is 0.463 e. The van der Waals surface area contributed by atoms with Crippen LogP contribution in [0.4, 0.5) is 0 Å². The molecule has 0 fully saturated rings. The van der Waals surface area contributed by atoms with Gasteiger partial charge in [0.25, 0.3) is 8.32 Å². The summed E-state index contributed by atoms with van der Waals surface area (Å²) in [5.74, 6) is 0.0249. The number of aliphatic hydroxyl groups excluding tert-OH is 1. The van der Waals surface area contributed by atoms with Crippen molar-refractivity contribution < 1.29 is 23.9 Å². The Morgan fingerprint density at radius 1 is 0.667 bits per heavy atom. The number of hydrogen-bond acceptors (Lipinski definition) is 6. The molecule has 8 heteroatoms. The van der Waals surface area contributed by atoms with E-state index in [1.807, 2.05) is 24.1 Å². The lowest BCUT2D eigenvalue weighted by Gasteiger charge is -2.43. The normalized spacial score (nSPS) is 12.6. The van der Waals surface area contributed by atoms with Crippen LogP contribution in [0.2, 0.25) is 5.04 Å². The number of benzene rings is 2. The lowest BCUT2D eigenvalue weighted by molar-refractivity contribution is -0.147. The lowest BCUT2D eigenvalue weighted by atomic mass is 10.1. The van der Waals surface area contributed by atoms with Crippen LogP contribution in [0.3, 0.4) is 0 Å². The van der Waals surface area contributed by atoms with Crippen molar-refractivity contribution in [1.82, 2.24) is 9.80 Å². The number of ether oxygens (including phenoxy) is 1. The van der Waals surface area contributed by atoms with Gasteiger partial charge in [-0.3, -0.25) is 9.59 Å². The van der Waals surface area contributed by atoms with Crippen LogP contribution in [0.5, 0.6) is 0 Å². The van der Waals surface area contributed by atoms with Gasteiger partial charge < -0.3 is 24.1 Å². The average Bonchev–Trinajstić information content (AvgIpc) is 3.16. The van der Waals surface area contributed by atoms with Crippen LogP contribution in [0.1, 0.15) is 150 Å². The molecular formula is C46H78N2O5Si. The van der Waals surface area contributed by atoms with Gasteiger partial charge in [-0.15, -0.1) is 0 Å². The Hall–Kier alpha value is -2.52. The van der Waals surface area contributed by atoms with Crippen molar-refractivity contribution in [1.29, 1.82) is 0 Å². The monoisotopic (exact) mass is 767 g/mol. The van der Waals surface area contributed by atoms with Crippen LogP contribution >= 0.6 is 0 Å². The van der Waals surface area contributed by atoms with E-state index in [2.05, 4.69) is 88.0 Å². The van der Waals surface area contributed by atoms with Crippen molar-refractivity contribution in [2.75, 3.05) is 46.4 Å². The fourth-order valence-electron chi connectivity index (χ4n) is 7.47. The lowest BCUT2D eigenvalue weighted by Crippen LogP contribution is -2.67. The third-order valence-corrected chi connectivity index (χ3v) is 15.6. The highest BCUT2D eigenvalue weighted by Gasteiger charge is 2.50. The van der Waals surface area contributed by atoms with Crippen molar-refractivity contribution in [3.05, 3.63) is 60.7 Å². The molecule has 7 nitrogen and oxygen atoms in total. The molecule has 0 aliphatic rings. The minimum atomic E-state index is -2.62. The van der Waals surface area contributed by atoms with E-state index < -0.39 is 14.4 Å². The van der Waals surface area contributed by atoms with E-state index in [-0.39, 0.29) is 17.6 Å². The zero-order valence-electron chi connectivity index (χ0n) is 35.3. The van der Waals surface area contributed by atoms with E-state index in [9.17, 15) is 14.7 Å². The van der Waals surface area contributed by atoms with Gasteiger partial charge >= 0.3 is 5.97 Å². The van der Waals surface area contributed by atoms with E-state index in [1.165, 1.54) is 74.6 Å². The van der Waals surface area contributed by atoms with Gasteiger partial charge in [-0.05, 0) is 48.1 Å². The molecule has 0 heterocycles. The Balaban J connectivity index is 1.69. The zero-order valence-corrected chi connectivity index (χ0v) is 36.3. The number of nitrogens with zero attached hydrogens (tertiary/aromatic N) is 2. The molecule has 54 heavy (non-hydrogen) atoms. The summed E-state index contributed by atoms with van der Waals surface area (Å²) >= 11 is 0. The smallest absolute Gasteiger partial charge is 0.305 e. The quantitative estimate of drug-likeness (QED) is 0.0469. The van der Waals surface area contributed by atoms with Gasteiger partial charge in [-0.25, -0.2) is 0 Å². The number of aliphatic hydroxyl groups is 1. The Labute approximate surface area is 331 Å². The number of unbranched alkanes of at least 4 members (excludes halogenated alkanes) is 13. The van der Waals surface area contributed by atoms with E-state index in [0.29, 0.717) is 38.4 Å². The van der Waals surface area contributed by atoms with Gasteiger partial charge in [-0.1, -0.05) is 172 Å². The number of hydrogen-bond donors (Lipinski definition) is 1. The second kappa shape index (κ2) is 28.0. The summed E-state index contributed by atoms with van der Waals surface area (Å²) in [6.45, 7) is 14.6. The highest BCUT2D eigenvalue weighted by atomic mass is 28.4. The molecule has 1 unspecified atom stereocenters. The highest BCUT2D eigenvalue weighted by Crippen LogP contribution is 2.36. The maximum atomic E-state index is 13.1. The first-order chi connectivity index (χ1) is 26.0. The fourth-order valence-corrected chi connectivity index (χ4v) is 12.0. The first-order valence-corrected chi connectivity index (χ1v) is 23.5. The molecule has 2 aromatic carbocycles. The zero-order chi connectivity index (χ0) is 39.5. The number of rotatable bonds is 31. The predicted octanol–water partition coefficient (Wildman–Crippen LogP) is 9.29. The van der Waals surface area contributed by atoms with E-state index in [4.69, 9.17) is 9.16 Å². The van der Waals surface area contributed by atoms with Crippen LogP contribution in [-0.4, -0.2) is 87.6 Å². The summed E-state index contributed by atoms with van der Waals surface area (Å²) in [6, 6.07) is 21.2. The third kappa shape index (κ3) is 18.4. The number of amides is 1. The maximum absolute atomic E-state index is 13.1. The van der Waals surface area contributed by atoms with Crippen molar-refractivity contribution in [2.45, 2.75) is 161 Å². The molecule has 0 radical (unpaired) electrons. The fraction of sp³-hybridized carbons (Fsp3) is 0.696. The molecule has 0 saturated carbocycles. The molecule has 0 spiro atoms. The Kier molecular flexibility index (Phi) is 24.7. The Bertz CT molecular complexity index is 1180. The van der Waals surface area contributed by atoms with Gasteiger partial charge in [0, 0.05) is 45.6 Å². The van der Waals surface area contributed by atoms with Gasteiger partial charge in [-0.2, -0.15) is 0 Å². The molecular weight excluding hydrogens is 689 g/mol. The molecule has 0 aliphatic heterocycles. The van der Waals surface area contributed by atoms with Crippen molar-refractivity contribution in [2.24, 2.45) is 0 Å². The summed E-state index contributed by atoms with van der Waals surface area (Å²) in [4.78, 5) is 29.7. The predicted molar refractivity (Wildman–Crippen MR) is 229 cm³/mol. The number of carbonyl (C=O) groups excluding carboxylic acids is 2. The topological polar surface area (TPSA) is 79.3 Å². The molecule has 1 atom stereocenters. The minimum Gasteiger partial charge on any atom is -0.463 e. The Morgan fingerprint density at radius 3 is 1.63 bits per heavy atom. The molecule has 2 rings (SSSR count). The van der Waals surface area contributed by atoms with Gasteiger partial charge in [0.2, 0.25) is 5.91 Å². The van der Waals surface area contributed by atoms with Crippen molar-refractivity contribution in [3.8, 4) is 0 Å². The number of likely N-dealkylation sites (N-methyl/N-ethyl adjacent to an activating group) is 1. The molecule has 0 aliphatic carbocycles. The van der Waals surface area contributed by atoms with E-state index in [0.717, 1.165) is 51.6 Å². The van der Waals surface area contributed by atoms with Gasteiger partial charge in [0.15, 0.2) is 0 Å². The number of esters is 1. The second-order valence-electron chi connectivity index (χ2n) is 16.4. The highest BCUT2D eigenvalue weighted by molar-refractivity contribution is 6.99. The molecule has 0 bridgehead atoms. The van der Waals surface area contributed by atoms with Crippen LogP contribution in [0.15, 0.2) is 60.7 Å². The van der Waals surface area contributed by atoms with Gasteiger partial charge in [0.05, 0.1) is 0 Å². The molecule has 2 aromatic rings. The Morgan fingerprint density at radius 2 is 1.13 bits per heavy atom. The molecule has 0 saturated heterocycles. The van der Waals surface area contributed by atoms with Crippen LogP contribution in [-0.2, 0) is 18.8 Å². The van der Waals surface area contributed by atoms with Crippen LogP contribution in [0, 0.1) is 0 Å². The summed E-state index contributed by atoms with van der Waals surface area (Å²) in [5, 5.41) is 13.1. The maximum Gasteiger partial charge on any atom is 0.305 e. The van der Waals surface area contributed by atoms with Crippen LogP contribution in [0.25, 0.3) is 0 Å². The average molecular weight is 767 g/mol. The standard InChI is InChI=1S/C46H78N2O5Si/c1-7-9-11-13-17-27-35-48(36-28-18-14-12-10-8-2)44(50)33-25-15-16-26-34-45(51)52-40-41(49)39-47(6)37-38-53-54(46(3,4)5,42-29-21-19-22-30-42)43-31-23-20-24-32-43/h19-24,29-32,41,49H,7-18,25-28,33-40H2,1-6H3. The summed E-state index contributed by atoms with van der Waals surface area (Å²) in [6.07, 6.45) is 18.5. The second-order valence-corrected chi connectivity index (χ2v) is 20.7. The molecule has 1 N–H and O–H groups in total. The number of carbonyl (C=O) groups is 2. The first kappa shape index (κ1) is 47.6. The van der Waals surface area contributed by atoms with Crippen LogP contribution < -0.4 is 10.4 Å². The van der Waals surface area contributed by atoms with Crippen molar-refractivity contribution in [3.63, 3.8) is 0 Å². The molecule has 1 amide bonds. The third-order valence-electron chi connectivity index (χ3n) is 10.6. The summed E-state index contributed by atoms with van der Waals surface area (Å²) < 4.78 is 12.4. The van der Waals surface area contributed by atoms with E-state index >= 15 is 0 Å². The van der Waals surface area contributed by atoms with E-state index in [1.54, 1.807) is 0 Å². The molecule has 306 valence electrons. The first-order valence-electron chi connectivity index (χ1n) is 21.6. The summed E-state index contributed by atoms with van der Waals surface area (Å²) in [5.41, 5.74) is 0. The van der Waals surface area contributed by atoms with Gasteiger partial charge in [0.1, 0.15) is 12.7 Å². The summed E-state index contributed by atoms with van der Waals surface area (Å²) in [7, 11) is -0.651. The SMILES string of the molecule is CCCCCCCCN(CCCCCCCC)C(=O)CCCCCCC(=O)OCC(O)CN(C)CCO[Si](c1ccccc1)(c1ccccc1)C(C)(C)C. The van der Waals surface area contributed by atoms with Crippen molar-refractivity contribution >= 4 is 30.6 Å².